The number of aryl methyl sites for hydroxylation is 2. The van der Waals surface area contributed by atoms with Gasteiger partial charge in [-0.15, -0.1) is 0 Å². The summed E-state index contributed by atoms with van der Waals surface area (Å²) in [4.78, 5) is 14.9. The van der Waals surface area contributed by atoms with Gasteiger partial charge in [-0.2, -0.15) is 5.10 Å². The molecule has 2 rings (SSSR count). The Labute approximate surface area is 98.1 Å². The fraction of sp³-hybridized carbons (Fsp3) is 0.364. The van der Waals surface area contributed by atoms with Crippen molar-refractivity contribution in [2.75, 3.05) is 0 Å². The number of hydrogen-bond donors (Lipinski definition) is 2. The summed E-state index contributed by atoms with van der Waals surface area (Å²) in [6.45, 7) is 0. The molecule has 0 aromatic carbocycles. The van der Waals surface area contributed by atoms with Crippen LogP contribution < -0.4 is 5.73 Å². The number of fused-ring (bicyclic) bond motifs is 1. The molecule has 6 heteroatoms. The first-order valence-electron chi connectivity index (χ1n) is 5.33. The number of pyridine rings is 1. The van der Waals surface area contributed by atoms with Gasteiger partial charge in [-0.3, -0.25) is 9.48 Å². The Balaban J connectivity index is 2.12. The highest BCUT2D eigenvalue weighted by atomic mass is 16.4. The quantitative estimate of drug-likeness (QED) is 0.794. The van der Waals surface area contributed by atoms with Crippen molar-refractivity contribution in [3.05, 3.63) is 24.0 Å². The summed E-state index contributed by atoms with van der Waals surface area (Å²) in [5.41, 5.74) is 7.23. The molecule has 1 atom stereocenters. The number of carboxylic acids is 1. The zero-order valence-electron chi connectivity index (χ0n) is 9.50. The highest BCUT2D eigenvalue weighted by Crippen LogP contribution is 2.13. The van der Waals surface area contributed by atoms with E-state index in [-0.39, 0.29) is 0 Å². The topological polar surface area (TPSA) is 94.0 Å². The lowest BCUT2D eigenvalue weighted by atomic mass is 10.1. The van der Waals surface area contributed by atoms with Gasteiger partial charge in [0.25, 0.3) is 0 Å². The lowest BCUT2D eigenvalue weighted by Crippen LogP contribution is -2.30. The molecule has 1 unspecified atom stereocenters. The second-order valence-corrected chi connectivity index (χ2v) is 4.01. The molecule has 0 saturated heterocycles. The van der Waals surface area contributed by atoms with Gasteiger partial charge in [-0.1, -0.05) is 0 Å². The van der Waals surface area contributed by atoms with Gasteiger partial charge in [0.2, 0.25) is 0 Å². The zero-order valence-corrected chi connectivity index (χ0v) is 9.50. The molecule has 2 aromatic rings. The molecule has 90 valence electrons. The molecular formula is C11H14N4O2. The van der Waals surface area contributed by atoms with E-state index < -0.39 is 12.0 Å². The third-order valence-corrected chi connectivity index (χ3v) is 2.69. The summed E-state index contributed by atoms with van der Waals surface area (Å²) in [5.74, 6) is -0.972. The van der Waals surface area contributed by atoms with E-state index in [0.29, 0.717) is 12.8 Å². The second kappa shape index (κ2) is 4.50. The normalized spacial score (nSPS) is 12.8. The van der Waals surface area contributed by atoms with Crippen LogP contribution in [-0.4, -0.2) is 31.9 Å². The van der Waals surface area contributed by atoms with Gasteiger partial charge in [0.05, 0.1) is 6.20 Å². The second-order valence-electron chi connectivity index (χ2n) is 4.01. The average molecular weight is 234 g/mol. The van der Waals surface area contributed by atoms with E-state index in [9.17, 15) is 4.79 Å². The van der Waals surface area contributed by atoms with Crippen LogP contribution in [0.1, 0.15) is 12.0 Å². The van der Waals surface area contributed by atoms with Crippen molar-refractivity contribution in [2.24, 2.45) is 12.8 Å². The first-order chi connectivity index (χ1) is 8.08. The van der Waals surface area contributed by atoms with Crippen molar-refractivity contribution in [2.45, 2.75) is 18.9 Å². The smallest absolute Gasteiger partial charge is 0.320 e. The maximum absolute atomic E-state index is 10.6. The summed E-state index contributed by atoms with van der Waals surface area (Å²) in [6.07, 6.45) is 4.48. The molecule has 0 bridgehead atoms. The molecule has 0 amide bonds. The van der Waals surface area contributed by atoms with Gasteiger partial charge >= 0.3 is 5.97 Å². The van der Waals surface area contributed by atoms with Crippen LogP contribution in [0.15, 0.2) is 18.5 Å². The van der Waals surface area contributed by atoms with Crippen molar-refractivity contribution in [3.63, 3.8) is 0 Å². The molecule has 2 aromatic heterocycles. The summed E-state index contributed by atoms with van der Waals surface area (Å²) in [5, 5.41) is 13.7. The first-order valence-corrected chi connectivity index (χ1v) is 5.33. The number of nitrogens with two attached hydrogens (primary N) is 1. The number of carboxylic acid groups (broad SMARTS) is 1. The first kappa shape index (κ1) is 11.5. The van der Waals surface area contributed by atoms with Crippen LogP contribution in [-0.2, 0) is 18.3 Å². The van der Waals surface area contributed by atoms with Gasteiger partial charge in [-0.25, -0.2) is 4.98 Å². The number of rotatable bonds is 4. The van der Waals surface area contributed by atoms with E-state index in [4.69, 9.17) is 10.8 Å². The molecule has 0 aliphatic heterocycles. The van der Waals surface area contributed by atoms with E-state index in [2.05, 4.69) is 10.1 Å². The Bertz CT molecular complexity index is 549. The van der Waals surface area contributed by atoms with Crippen molar-refractivity contribution >= 4 is 17.0 Å². The Kier molecular flexibility index (Phi) is 3.06. The SMILES string of the molecule is Cn1ncc2cc(CCC(N)C(=O)O)cnc21. The van der Waals surface area contributed by atoms with Crippen LogP contribution in [0.5, 0.6) is 0 Å². The van der Waals surface area contributed by atoms with E-state index >= 15 is 0 Å². The lowest BCUT2D eigenvalue weighted by molar-refractivity contribution is -0.138. The fourth-order valence-corrected chi connectivity index (χ4v) is 1.67. The minimum atomic E-state index is -0.972. The van der Waals surface area contributed by atoms with Crippen molar-refractivity contribution in [1.82, 2.24) is 14.8 Å². The summed E-state index contributed by atoms with van der Waals surface area (Å²) in [6, 6.07) is 1.14. The van der Waals surface area contributed by atoms with E-state index in [1.807, 2.05) is 13.1 Å². The predicted molar refractivity (Wildman–Crippen MR) is 62.4 cm³/mol. The zero-order chi connectivity index (χ0) is 12.4. The molecular weight excluding hydrogens is 220 g/mol. The lowest BCUT2D eigenvalue weighted by Gasteiger charge is -2.05. The van der Waals surface area contributed by atoms with Crippen molar-refractivity contribution in [3.8, 4) is 0 Å². The third-order valence-electron chi connectivity index (χ3n) is 2.69. The minimum absolute atomic E-state index is 0.406. The predicted octanol–water partition coefficient (Wildman–Crippen LogP) is 0.313. The van der Waals surface area contributed by atoms with Crippen LogP contribution in [0.3, 0.4) is 0 Å². The largest absolute Gasteiger partial charge is 0.480 e. The number of aliphatic carboxylic acids is 1. The number of nitrogens with zero attached hydrogens (tertiary/aromatic N) is 3. The van der Waals surface area contributed by atoms with E-state index in [1.54, 1.807) is 17.1 Å². The molecule has 0 spiro atoms. The molecule has 0 fully saturated rings. The van der Waals surface area contributed by atoms with Crippen LogP contribution in [0, 0.1) is 0 Å². The van der Waals surface area contributed by atoms with Crippen molar-refractivity contribution < 1.29 is 9.90 Å². The van der Waals surface area contributed by atoms with Crippen molar-refractivity contribution in [1.29, 1.82) is 0 Å². The highest BCUT2D eigenvalue weighted by molar-refractivity contribution is 5.75. The Morgan fingerprint density at radius 1 is 1.59 bits per heavy atom. The van der Waals surface area contributed by atoms with Crippen LogP contribution in [0.4, 0.5) is 0 Å². The van der Waals surface area contributed by atoms with Crippen LogP contribution in [0.2, 0.25) is 0 Å². The third kappa shape index (κ3) is 2.42. The van der Waals surface area contributed by atoms with Gasteiger partial charge < -0.3 is 10.8 Å². The standard InChI is InChI=1S/C11H14N4O2/c1-15-10-8(6-14-15)4-7(5-13-10)2-3-9(12)11(16)17/h4-6,9H,2-3,12H2,1H3,(H,16,17). The average Bonchev–Trinajstić information content (AvgIpc) is 2.67. The molecule has 0 radical (unpaired) electrons. The molecule has 2 heterocycles. The van der Waals surface area contributed by atoms with Gasteiger partial charge in [0.1, 0.15) is 6.04 Å². The number of aromatic nitrogens is 3. The van der Waals surface area contributed by atoms with Gasteiger partial charge in [0, 0.05) is 18.6 Å². The maximum atomic E-state index is 10.6. The van der Waals surface area contributed by atoms with Gasteiger partial charge in [0.15, 0.2) is 5.65 Å². The Morgan fingerprint density at radius 3 is 3.06 bits per heavy atom. The fourth-order valence-electron chi connectivity index (χ4n) is 1.67. The highest BCUT2D eigenvalue weighted by Gasteiger charge is 2.11. The monoisotopic (exact) mass is 234 g/mol. The summed E-state index contributed by atoms with van der Waals surface area (Å²) in [7, 11) is 1.83. The van der Waals surface area contributed by atoms with Gasteiger partial charge in [-0.05, 0) is 24.5 Å². The minimum Gasteiger partial charge on any atom is -0.480 e. The molecule has 0 saturated carbocycles. The Hall–Kier alpha value is -1.95. The molecule has 17 heavy (non-hydrogen) atoms. The number of hydrogen-bond acceptors (Lipinski definition) is 4. The maximum Gasteiger partial charge on any atom is 0.320 e. The molecule has 0 aliphatic carbocycles. The van der Waals surface area contributed by atoms with Crippen LogP contribution in [0.25, 0.3) is 11.0 Å². The summed E-state index contributed by atoms with van der Waals surface area (Å²) < 4.78 is 1.70. The van der Waals surface area contributed by atoms with E-state index in [1.165, 1.54) is 0 Å². The van der Waals surface area contributed by atoms with E-state index in [0.717, 1.165) is 16.6 Å². The molecule has 3 N–H and O–H groups in total. The number of carbonyl (C=O) groups is 1. The summed E-state index contributed by atoms with van der Waals surface area (Å²) >= 11 is 0. The Morgan fingerprint density at radius 2 is 2.35 bits per heavy atom. The molecule has 6 nitrogen and oxygen atoms in total. The van der Waals surface area contributed by atoms with Crippen LogP contribution >= 0.6 is 0 Å². The molecule has 0 aliphatic rings.